The van der Waals surface area contributed by atoms with Crippen LogP contribution in [0.1, 0.15) is 46.1 Å². The fourth-order valence-corrected chi connectivity index (χ4v) is 2.82. The number of nitrogens with zero attached hydrogens (tertiary/aromatic N) is 2. The molecule has 0 aliphatic heterocycles. The van der Waals surface area contributed by atoms with Crippen LogP contribution < -0.4 is 16.0 Å². The molecule has 0 heterocycles. The maximum absolute atomic E-state index is 12.2. The van der Waals surface area contributed by atoms with Crippen molar-refractivity contribution in [2.24, 2.45) is 4.99 Å². The third-order valence-corrected chi connectivity index (χ3v) is 4.43. The monoisotopic (exact) mass is 513 g/mol. The molecule has 1 amide bonds. The Kier molecular flexibility index (Phi) is 15.1. The number of anilines is 1. The summed E-state index contributed by atoms with van der Waals surface area (Å²) in [6, 6.07) is 7.50. The molecule has 1 atom stereocenters. The van der Waals surface area contributed by atoms with Gasteiger partial charge in [0.05, 0.1) is 0 Å². The smallest absolute Gasteiger partial charge is 0.246 e. The lowest BCUT2D eigenvalue weighted by atomic mass is 10.2. The number of nitrogens with one attached hydrogen (secondary N) is 3. The van der Waals surface area contributed by atoms with Crippen molar-refractivity contribution in [2.75, 3.05) is 38.0 Å². The van der Waals surface area contributed by atoms with Crippen LogP contribution in [0.4, 0.5) is 5.69 Å². The number of hydrogen-bond acceptors (Lipinski definition) is 3. The molecule has 0 bridgehead atoms. The van der Waals surface area contributed by atoms with Crippen molar-refractivity contribution < 1.29 is 4.79 Å². The Hall–Kier alpha value is -1.79. The van der Waals surface area contributed by atoms with Crippen LogP contribution in [-0.4, -0.2) is 55.5 Å². The first-order valence-corrected chi connectivity index (χ1v) is 10.2. The summed E-state index contributed by atoms with van der Waals surface area (Å²) in [5.74, 6) is 3.04. The van der Waals surface area contributed by atoms with E-state index in [0.29, 0.717) is 11.6 Å². The summed E-state index contributed by atoms with van der Waals surface area (Å²) in [6.45, 7) is 12.6. The number of rotatable bonds is 11. The fraction of sp³-hybridized carbons (Fsp3) is 0.545. The fourth-order valence-electron chi connectivity index (χ4n) is 2.82. The predicted octanol–water partition coefficient (Wildman–Crippen LogP) is 3.29. The number of terminal acetylenes is 1. The number of benzene rings is 1. The minimum Gasteiger partial charge on any atom is -0.357 e. The number of guanidine groups is 1. The van der Waals surface area contributed by atoms with Crippen molar-refractivity contribution in [1.82, 2.24) is 15.5 Å². The van der Waals surface area contributed by atoms with Crippen molar-refractivity contribution >= 4 is 41.5 Å². The van der Waals surface area contributed by atoms with Crippen LogP contribution in [0.3, 0.4) is 0 Å². The summed E-state index contributed by atoms with van der Waals surface area (Å²) in [5, 5.41) is 9.40. The first-order valence-electron chi connectivity index (χ1n) is 10.2. The van der Waals surface area contributed by atoms with Gasteiger partial charge < -0.3 is 20.9 Å². The van der Waals surface area contributed by atoms with Gasteiger partial charge in [0.25, 0.3) is 0 Å². The lowest BCUT2D eigenvalue weighted by molar-refractivity contribution is -0.114. The highest BCUT2D eigenvalue weighted by molar-refractivity contribution is 14.0. The highest BCUT2D eigenvalue weighted by Crippen LogP contribution is 2.09. The van der Waals surface area contributed by atoms with Gasteiger partial charge in [-0.2, -0.15) is 0 Å². The number of halogens is 1. The molecule has 29 heavy (non-hydrogen) atoms. The van der Waals surface area contributed by atoms with Gasteiger partial charge >= 0.3 is 0 Å². The second-order valence-electron chi connectivity index (χ2n) is 6.68. The lowest BCUT2D eigenvalue weighted by Crippen LogP contribution is -2.43. The third-order valence-electron chi connectivity index (χ3n) is 4.43. The average Bonchev–Trinajstić information content (AvgIpc) is 2.69. The molecule has 1 aromatic rings. The molecule has 1 rings (SSSR count). The average molecular weight is 513 g/mol. The summed E-state index contributed by atoms with van der Waals surface area (Å²) < 4.78 is 0. The van der Waals surface area contributed by atoms with Gasteiger partial charge in [-0.05, 0) is 64.5 Å². The first kappa shape index (κ1) is 27.2. The maximum Gasteiger partial charge on any atom is 0.246 e. The van der Waals surface area contributed by atoms with Crippen LogP contribution >= 0.6 is 24.0 Å². The van der Waals surface area contributed by atoms with Crippen LogP contribution in [0, 0.1) is 12.3 Å². The van der Waals surface area contributed by atoms with Crippen LogP contribution in [0.15, 0.2) is 29.3 Å². The zero-order valence-corrected chi connectivity index (χ0v) is 20.5. The SMILES string of the molecule is C#Cc1cccc(NC(=O)CN=C(NCC)NC(C)CCCN(CC)CC)c1.I. The Bertz CT molecular complexity index is 667. The molecule has 0 spiro atoms. The van der Waals surface area contributed by atoms with Crippen molar-refractivity contribution in [3.05, 3.63) is 29.8 Å². The van der Waals surface area contributed by atoms with E-state index in [-0.39, 0.29) is 42.5 Å². The van der Waals surface area contributed by atoms with Gasteiger partial charge in [0.15, 0.2) is 5.96 Å². The van der Waals surface area contributed by atoms with E-state index >= 15 is 0 Å². The highest BCUT2D eigenvalue weighted by Gasteiger charge is 2.08. The van der Waals surface area contributed by atoms with Crippen LogP contribution in [0.25, 0.3) is 0 Å². The Morgan fingerprint density at radius 3 is 2.62 bits per heavy atom. The van der Waals surface area contributed by atoms with E-state index in [4.69, 9.17) is 6.42 Å². The van der Waals surface area contributed by atoms with Gasteiger partial charge in [-0.1, -0.05) is 25.8 Å². The zero-order valence-electron chi connectivity index (χ0n) is 18.1. The maximum atomic E-state index is 12.2. The highest BCUT2D eigenvalue weighted by atomic mass is 127. The minimum absolute atomic E-state index is 0. The van der Waals surface area contributed by atoms with E-state index in [1.165, 1.54) is 0 Å². The number of amides is 1. The normalized spacial score (nSPS) is 11.9. The summed E-state index contributed by atoms with van der Waals surface area (Å²) in [7, 11) is 0. The van der Waals surface area contributed by atoms with E-state index in [2.05, 4.69) is 52.5 Å². The molecular weight excluding hydrogens is 477 g/mol. The van der Waals surface area contributed by atoms with E-state index in [9.17, 15) is 4.79 Å². The largest absolute Gasteiger partial charge is 0.357 e. The van der Waals surface area contributed by atoms with Crippen LogP contribution in [-0.2, 0) is 4.79 Å². The Morgan fingerprint density at radius 2 is 2.00 bits per heavy atom. The van der Waals surface area contributed by atoms with Crippen molar-refractivity contribution in [2.45, 2.75) is 46.6 Å². The summed E-state index contributed by atoms with van der Waals surface area (Å²) in [5.41, 5.74) is 1.41. The van der Waals surface area contributed by atoms with Gasteiger partial charge in [0.2, 0.25) is 5.91 Å². The van der Waals surface area contributed by atoms with Gasteiger partial charge in [-0.25, -0.2) is 4.99 Å². The van der Waals surface area contributed by atoms with Gasteiger partial charge in [0.1, 0.15) is 6.54 Å². The molecule has 0 fully saturated rings. The summed E-state index contributed by atoms with van der Waals surface area (Å²) in [4.78, 5) is 19.0. The van der Waals surface area contributed by atoms with Crippen molar-refractivity contribution in [3.8, 4) is 12.3 Å². The Labute approximate surface area is 193 Å². The predicted molar refractivity (Wildman–Crippen MR) is 134 cm³/mol. The van der Waals surface area contributed by atoms with E-state index in [1.54, 1.807) is 6.07 Å². The standard InChI is InChI=1S/C22H35N5O.HI/c1-6-19-13-10-14-20(16-19)26-21(28)17-24-22(23-7-2)25-18(5)12-11-15-27(8-3)9-4;/h1,10,13-14,16,18H,7-9,11-12,15,17H2,2-5H3,(H,26,28)(H2,23,24,25);1H. The van der Waals surface area contributed by atoms with Gasteiger partial charge in [0, 0.05) is 23.8 Å². The van der Waals surface area contributed by atoms with E-state index in [0.717, 1.165) is 44.6 Å². The molecule has 1 unspecified atom stereocenters. The topological polar surface area (TPSA) is 68.8 Å². The quantitative estimate of drug-likeness (QED) is 0.184. The Morgan fingerprint density at radius 1 is 1.28 bits per heavy atom. The van der Waals surface area contributed by atoms with Crippen molar-refractivity contribution in [3.63, 3.8) is 0 Å². The van der Waals surface area contributed by atoms with Crippen molar-refractivity contribution in [1.29, 1.82) is 0 Å². The molecule has 6 nitrogen and oxygen atoms in total. The molecule has 0 saturated heterocycles. The number of aliphatic imine (C=N–C) groups is 1. The number of carbonyl (C=O) groups is 1. The zero-order chi connectivity index (χ0) is 20.8. The molecule has 7 heteroatoms. The van der Waals surface area contributed by atoms with Gasteiger partial charge in [-0.3, -0.25) is 4.79 Å². The van der Waals surface area contributed by atoms with Crippen LogP contribution in [0.5, 0.6) is 0 Å². The minimum atomic E-state index is -0.180. The lowest BCUT2D eigenvalue weighted by Gasteiger charge is -2.21. The molecule has 162 valence electrons. The van der Waals surface area contributed by atoms with E-state index < -0.39 is 0 Å². The molecule has 0 aliphatic rings. The summed E-state index contributed by atoms with van der Waals surface area (Å²) >= 11 is 0. The molecule has 0 radical (unpaired) electrons. The second-order valence-corrected chi connectivity index (χ2v) is 6.68. The molecule has 0 aromatic heterocycles. The first-order chi connectivity index (χ1) is 13.5. The third kappa shape index (κ3) is 11.7. The Balaban J connectivity index is 0.00000784. The summed E-state index contributed by atoms with van der Waals surface area (Å²) in [6.07, 6.45) is 7.56. The molecule has 3 N–H and O–H groups in total. The molecule has 0 saturated carbocycles. The number of carbonyl (C=O) groups excluding carboxylic acids is 1. The second kappa shape index (κ2) is 16.1. The molecular formula is C22H36IN5O. The van der Waals surface area contributed by atoms with Crippen LogP contribution in [0.2, 0.25) is 0 Å². The number of hydrogen-bond donors (Lipinski definition) is 3. The van der Waals surface area contributed by atoms with E-state index in [1.807, 2.05) is 25.1 Å². The van der Waals surface area contributed by atoms with Gasteiger partial charge in [-0.15, -0.1) is 30.4 Å². The molecule has 1 aromatic carbocycles. The molecule has 0 aliphatic carbocycles.